The molecule has 3 heteroatoms. The summed E-state index contributed by atoms with van der Waals surface area (Å²) in [5, 5.41) is 0. The molecule has 0 N–H and O–H groups in total. The van der Waals surface area contributed by atoms with Crippen LogP contribution in [0.4, 0.5) is 5.69 Å². The third-order valence-corrected chi connectivity index (χ3v) is 4.09. The summed E-state index contributed by atoms with van der Waals surface area (Å²) < 4.78 is 4.60. The van der Waals surface area contributed by atoms with Crippen LogP contribution in [0.2, 0.25) is 0 Å². The molecule has 1 rings (SSSR count). The minimum absolute atomic E-state index is 0.520. The van der Waals surface area contributed by atoms with Gasteiger partial charge in [0.2, 0.25) is 0 Å². The van der Waals surface area contributed by atoms with E-state index in [1.807, 2.05) is 0 Å². The van der Waals surface area contributed by atoms with Gasteiger partial charge in [0.05, 0.1) is 0 Å². The van der Waals surface area contributed by atoms with E-state index < -0.39 is 18.5 Å². The minimum atomic E-state index is -1.13. The van der Waals surface area contributed by atoms with Gasteiger partial charge in [0.25, 0.3) is 0 Å². The second kappa shape index (κ2) is 5.95. The van der Waals surface area contributed by atoms with Gasteiger partial charge in [-0.25, -0.2) is 0 Å². The molecule has 0 aromatic heterocycles. The predicted octanol–water partition coefficient (Wildman–Crippen LogP) is 4.98. The van der Waals surface area contributed by atoms with E-state index in [0.29, 0.717) is 11.8 Å². The van der Waals surface area contributed by atoms with E-state index in [1.54, 1.807) is 0 Å². The van der Waals surface area contributed by atoms with Crippen molar-refractivity contribution in [2.75, 3.05) is 0 Å². The molecule has 0 spiro atoms. The predicted molar refractivity (Wildman–Crippen MR) is 62.6 cm³/mol. The van der Waals surface area contributed by atoms with Crippen LogP contribution in [0, 0.1) is 0 Å². The third kappa shape index (κ3) is 3.25. The van der Waals surface area contributed by atoms with Crippen molar-refractivity contribution in [2.24, 2.45) is 3.34 Å². The molecule has 0 saturated carbocycles. The van der Waals surface area contributed by atoms with Crippen molar-refractivity contribution in [2.45, 2.75) is 39.5 Å². The van der Waals surface area contributed by atoms with Crippen LogP contribution in [-0.4, -0.2) is 0 Å². The summed E-state index contributed by atoms with van der Waals surface area (Å²) in [6.07, 6.45) is 0. The zero-order chi connectivity index (χ0) is 11.4. The van der Waals surface area contributed by atoms with Crippen LogP contribution in [0.15, 0.2) is 21.5 Å². The van der Waals surface area contributed by atoms with Gasteiger partial charge in [0.15, 0.2) is 0 Å². The molecule has 15 heavy (non-hydrogen) atoms. The Kier molecular flexibility index (Phi) is 5.20. The van der Waals surface area contributed by atoms with Crippen molar-refractivity contribution in [3.63, 3.8) is 0 Å². The standard InChI is InChI=1S/C12H17N.ClH.Ta/c1-8(2)10-6-5-7-11(9(3)4)12(10)13;;/h5-9H,1-4H3;1H;/q;;+1/p-1. The quantitative estimate of drug-likeness (QED) is 0.689. The van der Waals surface area contributed by atoms with Gasteiger partial charge in [-0.05, 0) is 0 Å². The van der Waals surface area contributed by atoms with Gasteiger partial charge in [-0.15, -0.1) is 0 Å². The van der Waals surface area contributed by atoms with E-state index in [4.69, 9.17) is 9.19 Å². The van der Waals surface area contributed by atoms with Crippen LogP contribution in [0.3, 0.4) is 0 Å². The molecule has 0 radical (unpaired) electrons. The van der Waals surface area contributed by atoms with Crippen molar-refractivity contribution in [3.05, 3.63) is 29.3 Å². The third-order valence-electron chi connectivity index (χ3n) is 2.48. The normalized spacial score (nSPS) is 11.9. The molecule has 1 aromatic carbocycles. The molecule has 0 fully saturated rings. The maximum atomic E-state index is 5.90. The Hall–Kier alpha value is 0.0503. The Morgan fingerprint density at radius 1 is 1.07 bits per heavy atom. The summed E-state index contributed by atoms with van der Waals surface area (Å²) >= 11 is -1.13. The number of hydrogen-bond donors (Lipinski definition) is 0. The number of rotatable bonds is 3. The van der Waals surface area contributed by atoms with Gasteiger partial charge in [0.1, 0.15) is 0 Å². The molecule has 1 aromatic rings. The number of halogens is 1. The summed E-state index contributed by atoms with van der Waals surface area (Å²) in [5.41, 5.74) is 3.85. The first-order valence-corrected chi connectivity index (χ1v) is 10.6. The summed E-state index contributed by atoms with van der Waals surface area (Å²) in [4.78, 5) is 0. The second-order valence-corrected chi connectivity index (χ2v) is 6.77. The number of hydrogen-bond acceptors (Lipinski definition) is 1. The molecule has 0 bridgehead atoms. The van der Waals surface area contributed by atoms with Crippen LogP contribution in [0.5, 0.6) is 0 Å². The van der Waals surface area contributed by atoms with Crippen LogP contribution >= 0.6 is 9.19 Å². The van der Waals surface area contributed by atoms with Crippen molar-refractivity contribution in [1.29, 1.82) is 0 Å². The summed E-state index contributed by atoms with van der Waals surface area (Å²) in [6.45, 7) is 8.83. The zero-order valence-corrected chi connectivity index (χ0v) is 13.6. The van der Waals surface area contributed by atoms with Crippen LogP contribution in [0.1, 0.15) is 50.7 Å². The maximum absolute atomic E-state index is 5.90. The van der Waals surface area contributed by atoms with Gasteiger partial charge in [0, 0.05) is 0 Å². The molecule has 1 nitrogen and oxygen atoms in total. The molecule has 0 unspecified atom stereocenters. The first kappa shape index (κ1) is 13.1. The fourth-order valence-electron chi connectivity index (χ4n) is 1.67. The van der Waals surface area contributed by atoms with E-state index in [0.717, 1.165) is 0 Å². The van der Waals surface area contributed by atoms with Crippen LogP contribution in [-0.2, 0) is 18.5 Å². The van der Waals surface area contributed by atoms with E-state index in [1.165, 1.54) is 16.8 Å². The van der Waals surface area contributed by atoms with Gasteiger partial charge < -0.3 is 0 Å². The average Bonchev–Trinajstić information content (AvgIpc) is 2.17. The van der Waals surface area contributed by atoms with Crippen LogP contribution < -0.4 is 0 Å². The van der Waals surface area contributed by atoms with E-state index in [2.05, 4.69) is 49.2 Å². The van der Waals surface area contributed by atoms with Crippen molar-refractivity contribution >= 4 is 14.9 Å². The first-order valence-electron chi connectivity index (χ1n) is 5.22. The fourth-order valence-corrected chi connectivity index (χ4v) is 3.39. The Morgan fingerprint density at radius 2 is 1.53 bits per heavy atom. The monoisotopic (exact) mass is 391 g/mol. The molecule has 0 saturated heterocycles. The first-order chi connectivity index (χ1) is 7.07. The van der Waals surface area contributed by atoms with E-state index in [9.17, 15) is 0 Å². The molecule has 0 amide bonds. The Bertz CT molecular complexity index is 332. The number of nitrogens with zero attached hydrogens (tertiary/aromatic N) is 1. The molecule has 0 aliphatic rings. The Labute approximate surface area is 105 Å². The van der Waals surface area contributed by atoms with Crippen LogP contribution in [0.25, 0.3) is 0 Å². The molecule has 0 aliphatic carbocycles. The van der Waals surface area contributed by atoms with Crippen molar-refractivity contribution in [3.8, 4) is 0 Å². The molecular formula is C12H17ClNTa. The van der Waals surface area contributed by atoms with Crippen molar-refractivity contribution < 1.29 is 18.5 Å². The van der Waals surface area contributed by atoms with Crippen molar-refractivity contribution in [1.82, 2.24) is 0 Å². The molecule has 82 valence electrons. The van der Waals surface area contributed by atoms with Gasteiger partial charge in [-0.1, -0.05) is 0 Å². The zero-order valence-electron chi connectivity index (χ0n) is 9.66. The van der Waals surface area contributed by atoms with E-state index in [-0.39, 0.29) is 0 Å². The van der Waals surface area contributed by atoms with E-state index >= 15 is 0 Å². The second-order valence-electron chi connectivity index (χ2n) is 4.27. The summed E-state index contributed by atoms with van der Waals surface area (Å²) in [6, 6.07) is 6.47. The Morgan fingerprint density at radius 3 is 1.87 bits per heavy atom. The Balaban J connectivity index is 3.34. The molecular weight excluding hydrogens is 375 g/mol. The van der Waals surface area contributed by atoms with Gasteiger partial charge >= 0.3 is 106 Å². The summed E-state index contributed by atoms with van der Waals surface area (Å²) in [5.74, 6) is 1.04. The molecule has 0 aliphatic heterocycles. The summed E-state index contributed by atoms with van der Waals surface area (Å²) in [7, 11) is 5.90. The fraction of sp³-hybridized carbons (Fsp3) is 0.500. The average molecular weight is 392 g/mol. The van der Waals surface area contributed by atoms with Gasteiger partial charge in [-0.3, -0.25) is 0 Å². The molecule has 0 atom stereocenters. The number of benzene rings is 1. The molecule has 0 heterocycles. The van der Waals surface area contributed by atoms with Gasteiger partial charge in [-0.2, -0.15) is 0 Å². The topological polar surface area (TPSA) is 12.4 Å². The SMILES string of the molecule is CC(C)c1cccc(C(C)C)c1[N]=[Ta][Cl].